The summed E-state index contributed by atoms with van der Waals surface area (Å²) in [5.74, 6) is 0. The Bertz CT molecular complexity index is 578. The summed E-state index contributed by atoms with van der Waals surface area (Å²) in [6.07, 6.45) is 1.13. The van der Waals surface area contributed by atoms with E-state index in [0.717, 1.165) is 24.5 Å². The number of nitrogens with zero attached hydrogens (tertiary/aromatic N) is 1. The normalized spacial score (nSPS) is 10.7. The maximum absolute atomic E-state index is 6.15. The number of benzene rings is 2. The molecule has 2 aromatic carbocycles. The van der Waals surface area contributed by atoms with Crippen molar-refractivity contribution in [3.63, 3.8) is 0 Å². The van der Waals surface area contributed by atoms with E-state index in [2.05, 4.69) is 61.4 Å². The van der Waals surface area contributed by atoms with Gasteiger partial charge in [-0.25, -0.2) is 0 Å². The van der Waals surface area contributed by atoms with Crippen molar-refractivity contribution in [2.24, 2.45) is 0 Å². The summed E-state index contributed by atoms with van der Waals surface area (Å²) < 4.78 is 0. The standard InChI is InChI=1S/C18H23ClN2/c1-4-11-20-13-15-12-16(19)7-10-18(15)21(3)17-8-5-14(2)6-9-17/h5-10,12,20H,4,11,13H2,1-3H3. The Kier molecular flexibility index (Phi) is 5.66. The second kappa shape index (κ2) is 7.48. The largest absolute Gasteiger partial charge is 0.344 e. The van der Waals surface area contributed by atoms with Gasteiger partial charge in [0.15, 0.2) is 0 Å². The molecule has 0 aliphatic carbocycles. The molecule has 0 atom stereocenters. The number of rotatable bonds is 6. The van der Waals surface area contributed by atoms with Crippen molar-refractivity contribution in [1.29, 1.82) is 0 Å². The highest BCUT2D eigenvalue weighted by Crippen LogP contribution is 2.29. The van der Waals surface area contributed by atoms with Crippen LogP contribution in [-0.4, -0.2) is 13.6 Å². The van der Waals surface area contributed by atoms with Crippen molar-refractivity contribution in [2.45, 2.75) is 26.8 Å². The maximum Gasteiger partial charge on any atom is 0.0454 e. The van der Waals surface area contributed by atoms with Crippen LogP contribution in [-0.2, 0) is 6.54 Å². The quantitative estimate of drug-likeness (QED) is 0.762. The molecule has 0 radical (unpaired) electrons. The number of nitrogens with one attached hydrogen (secondary N) is 1. The van der Waals surface area contributed by atoms with Gasteiger partial charge < -0.3 is 10.2 Å². The van der Waals surface area contributed by atoms with Gasteiger partial charge in [0.25, 0.3) is 0 Å². The van der Waals surface area contributed by atoms with Crippen LogP contribution in [0.4, 0.5) is 11.4 Å². The van der Waals surface area contributed by atoms with Crippen LogP contribution in [0.5, 0.6) is 0 Å². The van der Waals surface area contributed by atoms with Gasteiger partial charge in [-0.2, -0.15) is 0 Å². The van der Waals surface area contributed by atoms with Crippen LogP contribution in [0.3, 0.4) is 0 Å². The average Bonchev–Trinajstić information content (AvgIpc) is 2.48. The minimum atomic E-state index is 0.782. The predicted molar refractivity (Wildman–Crippen MR) is 92.7 cm³/mol. The molecule has 2 rings (SSSR count). The summed E-state index contributed by atoms with van der Waals surface area (Å²) in [5, 5.41) is 4.23. The molecule has 112 valence electrons. The van der Waals surface area contributed by atoms with Crippen LogP contribution in [0.15, 0.2) is 42.5 Å². The molecule has 0 aliphatic rings. The Hall–Kier alpha value is -1.51. The maximum atomic E-state index is 6.15. The average molecular weight is 303 g/mol. The number of hydrogen-bond donors (Lipinski definition) is 1. The topological polar surface area (TPSA) is 15.3 Å². The van der Waals surface area contributed by atoms with Crippen molar-refractivity contribution in [3.8, 4) is 0 Å². The summed E-state index contributed by atoms with van der Waals surface area (Å²) in [6, 6.07) is 14.6. The lowest BCUT2D eigenvalue weighted by Gasteiger charge is -2.23. The van der Waals surface area contributed by atoms with E-state index in [9.17, 15) is 0 Å². The van der Waals surface area contributed by atoms with E-state index in [1.165, 1.54) is 22.5 Å². The Labute approximate surface area is 132 Å². The third kappa shape index (κ3) is 4.23. The van der Waals surface area contributed by atoms with Crippen LogP contribution in [0, 0.1) is 6.92 Å². The molecule has 0 amide bonds. The van der Waals surface area contributed by atoms with E-state index >= 15 is 0 Å². The third-order valence-electron chi connectivity index (χ3n) is 3.57. The highest BCUT2D eigenvalue weighted by molar-refractivity contribution is 6.30. The van der Waals surface area contributed by atoms with Crippen LogP contribution in [0.1, 0.15) is 24.5 Å². The molecule has 0 fully saturated rings. The zero-order valence-corrected chi connectivity index (χ0v) is 13.7. The summed E-state index contributed by atoms with van der Waals surface area (Å²) in [7, 11) is 2.09. The summed E-state index contributed by atoms with van der Waals surface area (Å²) in [4.78, 5) is 2.21. The molecule has 3 heteroatoms. The van der Waals surface area contributed by atoms with E-state index in [1.54, 1.807) is 0 Å². The van der Waals surface area contributed by atoms with E-state index in [1.807, 2.05) is 12.1 Å². The second-order valence-corrected chi connectivity index (χ2v) is 5.78. The highest BCUT2D eigenvalue weighted by atomic mass is 35.5. The van der Waals surface area contributed by atoms with Crippen molar-refractivity contribution < 1.29 is 0 Å². The van der Waals surface area contributed by atoms with Gasteiger partial charge in [0, 0.05) is 30.0 Å². The zero-order valence-electron chi connectivity index (χ0n) is 13.0. The Balaban J connectivity index is 2.26. The Morgan fingerprint density at radius 3 is 2.48 bits per heavy atom. The molecule has 2 aromatic rings. The van der Waals surface area contributed by atoms with Crippen molar-refractivity contribution in [2.75, 3.05) is 18.5 Å². The van der Waals surface area contributed by atoms with Crippen molar-refractivity contribution in [1.82, 2.24) is 5.32 Å². The van der Waals surface area contributed by atoms with E-state index in [0.29, 0.717) is 0 Å². The predicted octanol–water partition coefficient (Wildman–Crippen LogP) is 4.92. The van der Waals surface area contributed by atoms with Gasteiger partial charge in [0.05, 0.1) is 0 Å². The molecule has 0 heterocycles. The first-order valence-corrected chi connectivity index (χ1v) is 7.79. The van der Waals surface area contributed by atoms with Gasteiger partial charge in [-0.3, -0.25) is 0 Å². The monoisotopic (exact) mass is 302 g/mol. The summed E-state index contributed by atoms with van der Waals surface area (Å²) >= 11 is 6.15. The van der Waals surface area contributed by atoms with Gasteiger partial charge in [0.1, 0.15) is 0 Å². The van der Waals surface area contributed by atoms with Crippen LogP contribution in [0.25, 0.3) is 0 Å². The van der Waals surface area contributed by atoms with Crippen LogP contribution >= 0.6 is 11.6 Å². The first-order chi connectivity index (χ1) is 10.1. The fourth-order valence-electron chi connectivity index (χ4n) is 2.33. The Morgan fingerprint density at radius 1 is 1.10 bits per heavy atom. The summed E-state index contributed by atoms with van der Waals surface area (Å²) in [6.45, 7) is 6.12. The molecule has 0 saturated carbocycles. The molecule has 0 unspecified atom stereocenters. The molecule has 0 saturated heterocycles. The number of halogens is 1. The molecule has 0 bridgehead atoms. The fraction of sp³-hybridized carbons (Fsp3) is 0.333. The third-order valence-corrected chi connectivity index (χ3v) is 3.80. The molecule has 0 aliphatic heterocycles. The first-order valence-electron chi connectivity index (χ1n) is 7.41. The second-order valence-electron chi connectivity index (χ2n) is 5.34. The van der Waals surface area contributed by atoms with Gasteiger partial charge in [-0.15, -0.1) is 0 Å². The zero-order chi connectivity index (χ0) is 15.2. The fourth-order valence-corrected chi connectivity index (χ4v) is 2.52. The molecule has 1 N–H and O–H groups in total. The Morgan fingerprint density at radius 2 is 1.81 bits per heavy atom. The van der Waals surface area contributed by atoms with Crippen LogP contribution in [0.2, 0.25) is 5.02 Å². The van der Waals surface area contributed by atoms with Gasteiger partial charge in [-0.05, 0) is 55.8 Å². The van der Waals surface area contributed by atoms with Gasteiger partial charge in [-0.1, -0.05) is 36.2 Å². The number of hydrogen-bond acceptors (Lipinski definition) is 2. The van der Waals surface area contributed by atoms with Crippen molar-refractivity contribution in [3.05, 3.63) is 58.6 Å². The number of aryl methyl sites for hydroxylation is 1. The van der Waals surface area contributed by atoms with Gasteiger partial charge in [0.2, 0.25) is 0 Å². The lowest BCUT2D eigenvalue weighted by molar-refractivity contribution is 0.675. The minimum absolute atomic E-state index is 0.782. The number of anilines is 2. The minimum Gasteiger partial charge on any atom is -0.344 e. The molecule has 21 heavy (non-hydrogen) atoms. The lowest BCUT2D eigenvalue weighted by atomic mass is 10.1. The SMILES string of the molecule is CCCNCc1cc(Cl)ccc1N(C)c1ccc(C)cc1. The van der Waals surface area contributed by atoms with E-state index < -0.39 is 0 Å². The molecular formula is C18H23ClN2. The molecule has 0 aromatic heterocycles. The molecule has 0 spiro atoms. The smallest absolute Gasteiger partial charge is 0.0454 e. The lowest BCUT2D eigenvalue weighted by Crippen LogP contribution is -2.18. The van der Waals surface area contributed by atoms with Crippen molar-refractivity contribution >= 4 is 23.0 Å². The van der Waals surface area contributed by atoms with E-state index in [4.69, 9.17) is 11.6 Å². The summed E-state index contributed by atoms with van der Waals surface area (Å²) in [5.41, 5.74) is 4.86. The molecular weight excluding hydrogens is 280 g/mol. The van der Waals surface area contributed by atoms with Gasteiger partial charge >= 0.3 is 0 Å². The van der Waals surface area contributed by atoms with Crippen LogP contribution < -0.4 is 10.2 Å². The first kappa shape index (κ1) is 15.9. The van der Waals surface area contributed by atoms with E-state index in [-0.39, 0.29) is 0 Å². The highest BCUT2D eigenvalue weighted by Gasteiger charge is 2.09. The molecule has 2 nitrogen and oxygen atoms in total.